The summed E-state index contributed by atoms with van der Waals surface area (Å²) in [6.07, 6.45) is 3.37. The van der Waals surface area contributed by atoms with E-state index in [1.54, 1.807) is 0 Å². The van der Waals surface area contributed by atoms with Crippen LogP contribution >= 0.6 is 23.5 Å². The second-order valence-electron chi connectivity index (χ2n) is 3.35. The number of nitrogens with two attached hydrogens (primary N) is 1. The number of hydrogen-bond acceptors (Lipinski definition) is 4. The van der Waals surface area contributed by atoms with Gasteiger partial charge in [-0.3, -0.25) is 0 Å². The lowest BCUT2D eigenvalue weighted by Gasteiger charge is -2.26. The molecule has 0 aliphatic rings. The minimum absolute atomic E-state index is 0.571. The molecular weight excluding hydrogens is 212 g/mol. The fraction of sp³-hybridized carbons (Fsp3) is 1.00. The zero-order valence-electron chi connectivity index (χ0n) is 9.66. The molecule has 1 atom stereocenters. The van der Waals surface area contributed by atoms with E-state index in [0.29, 0.717) is 6.04 Å². The molecule has 0 bridgehead atoms. The van der Waals surface area contributed by atoms with E-state index < -0.39 is 0 Å². The molecule has 14 heavy (non-hydrogen) atoms. The van der Waals surface area contributed by atoms with Crippen LogP contribution in [0.5, 0.6) is 0 Å². The zero-order chi connectivity index (χ0) is 10.8. The van der Waals surface area contributed by atoms with E-state index in [-0.39, 0.29) is 0 Å². The highest BCUT2D eigenvalue weighted by atomic mass is 32.2. The van der Waals surface area contributed by atoms with Gasteiger partial charge in [-0.15, -0.1) is 0 Å². The Labute approximate surface area is 97.4 Å². The van der Waals surface area contributed by atoms with Crippen molar-refractivity contribution in [2.24, 2.45) is 5.73 Å². The Kier molecular flexibility index (Phi) is 10.6. The summed E-state index contributed by atoms with van der Waals surface area (Å²) in [4.78, 5) is 2.40. The molecule has 0 aliphatic heterocycles. The van der Waals surface area contributed by atoms with Gasteiger partial charge >= 0.3 is 0 Å². The van der Waals surface area contributed by atoms with Crippen molar-refractivity contribution in [1.82, 2.24) is 4.90 Å². The molecule has 0 rings (SSSR count). The largest absolute Gasteiger partial charge is 0.329 e. The van der Waals surface area contributed by atoms with E-state index in [4.69, 9.17) is 5.73 Å². The molecule has 0 aromatic rings. The third-order valence-corrected chi connectivity index (χ3v) is 3.87. The molecule has 1 unspecified atom stereocenters. The van der Waals surface area contributed by atoms with Crippen LogP contribution in [-0.2, 0) is 0 Å². The van der Waals surface area contributed by atoms with Crippen LogP contribution in [0.3, 0.4) is 0 Å². The molecule has 0 spiro atoms. The second kappa shape index (κ2) is 10.1. The van der Waals surface area contributed by atoms with E-state index in [9.17, 15) is 0 Å². The van der Waals surface area contributed by atoms with Crippen LogP contribution in [0.25, 0.3) is 0 Å². The quantitative estimate of drug-likeness (QED) is 0.618. The van der Waals surface area contributed by atoms with Gasteiger partial charge in [0, 0.05) is 24.9 Å². The number of hydrogen-bond donors (Lipinski definition) is 1. The second-order valence-corrected chi connectivity index (χ2v) is 5.73. The fourth-order valence-corrected chi connectivity index (χ4v) is 2.50. The maximum Gasteiger partial charge on any atom is 0.0223 e. The van der Waals surface area contributed by atoms with Gasteiger partial charge in [0.15, 0.2) is 0 Å². The van der Waals surface area contributed by atoms with E-state index >= 15 is 0 Å². The van der Waals surface area contributed by atoms with Gasteiger partial charge < -0.3 is 10.6 Å². The number of thioether (sulfide) groups is 2. The topological polar surface area (TPSA) is 29.3 Å². The Morgan fingerprint density at radius 3 is 2.57 bits per heavy atom. The van der Waals surface area contributed by atoms with Crippen molar-refractivity contribution >= 4 is 23.5 Å². The van der Waals surface area contributed by atoms with Crippen molar-refractivity contribution in [2.75, 3.05) is 43.7 Å². The summed E-state index contributed by atoms with van der Waals surface area (Å²) in [5.41, 5.74) is 5.77. The lowest BCUT2D eigenvalue weighted by atomic mass is 10.2. The maximum atomic E-state index is 5.77. The summed E-state index contributed by atoms with van der Waals surface area (Å²) < 4.78 is 0. The molecule has 2 N–H and O–H groups in total. The van der Waals surface area contributed by atoms with E-state index in [0.717, 1.165) is 13.1 Å². The summed E-state index contributed by atoms with van der Waals surface area (Å²) >= 11 is 3.90. The van der Waals surface area contributed by atoms with E-state index in [1.165, 1.54) is 23.7 Å². The standard InChI is InChI=1S/C10H24N2S2/c1-4-14-7-5-10(9-11)12(2)6-8-13-3/h10H,4-9,11H2,1-3H3. The Hall–Kier alpha value is 0.620. The highest BCUT2D eigenvalue weighted by molar-refractivity contribution is 7.99. The smallest absolute Gasteiger partial charge is 0.0223 e. The molecule has 0 saturated carbocycles. The summed E-state index contributed by atoms with van der Waals surface area (Å²) in [5.74, 6) is 3.65. The van der Waals surface area contributed by atoms with Crippen LogP contribution in [-0.4, -0.2) is 54.6 Å². The fourth-order valence-electron chi connectivity index (χ4n) is 1.30. The minimum atomic E-state index is 0.571. The molecule has 0 aromatic carbocycles. The van der Waals surface area contributed by atoms with Crippen LogP contribution in [0.2, 0.25) is 0 Å². The third kappa shape index (κ3) is 6.98. The molecule has 0 amide bonds. The third-order valence-electron chi connectivity index (χ3n) is 2.34. The summed E-state index contributed by atoms with van der Waals surface area (Å²) in [6, 6.07) is 0.571. The van der Waals surface area contributed by atoms with Crippen molar-refractivity contribution < 1.29 is 0 Å². The van der Waals surface area contributed by atoms with Gasteiger partial charge in [-0.05, 0) is 31.2 Å². The molecule has 0 heterocycles. The van der Waals surface area contributed by atoms with Gasteiger partial charge in [0.05, 0.1) is 0 Å². The van der Waals surface area contributed by atoms with Crippen LogP contribution in [0.4, 0.5) is 0 Å². The van der Waals surface area contributed by atoms with Gasteiger partial charge in [-0.2, -0.15) is 23.5 Å². The van der Waals surface area contributed by atoms with E-state index in [2.05, 4.69) is 25.1 Å². The molecule has 2 nitrogen and oxygen atoms in total. The monoisotopic (exact) mass is 236 g/mol. The summed E-state index contributed by atoms with van der Waals surface area (Å²) in [6.45, 7) is 4.15. The lowest BCUT2D eigenvalue weighted by Crippen LogP contribution is -2.39. The molecule has 0 aliphatic carbocycles. The van der Waals surface area contributed by atoms with Crippen LogP contribution in [0.15, 0.2) is 0 Å². The average molecular weight is 236 g/mol. The summed E-state index contributed by atoms with van der Waals surface area (Å²) in [7, 11) is 2.18. The molecular formula is C10H24N2S2. The predicted molar refractivity (Wildman–Crippen MR) is 71.5 cm³/mol. The minimum Gasteiger partial charge on any atom is -0.329 e. The molecule has 4 heteroatoms. The number of rotatable bonds is 9. The van der Waals surface area contributed by atoms with E-state index in [1.807, 2.05) is 23.5 Å². The van der Waals surface area contributed by atoms with Crippen molar-refractivity contribution in [2.45, 2.75) is 19.4 Å². The first-order chi connectivity index (χ1) is 6.76. The Morgan fingerprint density at radius 2 is 2.07 bits per heavy atom. The molecule has 0 saturated heterocycles. The highest BCUT2D eigenvalue weighted by Crippen LogP contribution is 2.08. The van der Waals surface area contributed by atoms with Crippen molar-refractivity contribution in [3.05, 3.63) is 0 Å². The molecule has 0 fully saturated rings. The number of likely N-dealkylation sites (N-methyl/N-ethyl adjacent to an activating group) is 1. The lowest BCUT2D eigenvalue weighted by molar-refractivity contribution is 0.256. The summed E-state index contributed by atoms with van der Waals surface area (Å²) in [5, 5.41) is 0. The van der Waals surface area contributed by atoms with Crippen LogP contribution < -0.4 is 5.73 Å². The van der Waals surface area contributed by atoms with Crippen LogP contribution in [0, 0.1) is 0 Å². The Balaban J connectivity index is 3.62. The van der Waals surface area contributed by atoms with Crippen molar-refractivity contribution in [1.29, 1.82) is 0 Å². The van der Waals surface area contributed by atoms with Gasteiger partial charge in [-0.25, -0.2) is 0 Å². The molecule has 0 aromatic heterocycles. The van der Waals surface area contributed by atoms with Gasteiger partial charge in [-0.1, -0.05) is 6.92 Å². The Bertz CT molecular complexity index is 123. The molecule has 0 radical (unpaired) electrons. The molecule has 86 valence electrons. The van der Waals surface area contributed by atoms with Crippen molar-refractivity contribution in [3.8, 4) is 0 Å². The first kappa shape index (κ1) is 14.6. The van der Waals surface area contributed by atoms with Crippen LogP contribution in [0.1, 0.15) is 13.3 Å². The predicted octanol–water partition coefficient (Wildman–Crippen LogP) is 1.75. The SMILES string of the molecule is CCSCCC(CN)N(C)CCSC. The normalized spacial score (nSPS) is 13.5. The van der Waals surface area contributed by atoms with Gasteiger partial charge in [0.25, 0.3) is 0 Å². The zero-order valence-corrected chi connectivity index (χ0v) is 11.3. The Morgan fingerprint density at radius 1 is 1.36 bits per heavy atom. The van der Waals surface area contributed by atoms with Gasteiger partial charge in [0.2, 0.25) is 0 Å². The first-order valence-electron chi connectivity index (χ1n) is 5.23. The first-order valence-corrected chi connectivity index (χ1v) is 7.78. The number of nitrogens with zero attached hydrogens (tertiary/aromatic N) is 1. The highest BCUT2D eigenvalue weighted by Gasteiger charge is 2.11. The average Bonchev–Trinajstić information content (AvgIpc) is 2.21. The van der Waals surface area contributed by atoms with Crippen molar-refractivity contribution in [3.63, 3.8) is 0 Å². The van der Waals surface area contributed by atoms with Gasteiger partial charge in [0.1, 0.15) is 0 Å². The maximum absolute atomic E-state index is 5.77.